The Balaban J connectivity index is 4.21. The predicted octanol–water partition coefficient (Wildman–Crippen LogP) is 3.49. The van der Waals surface area contributed by atoms with Crippen LogP contribution >= 0.6 is 0 Å². The molecule has 0 rings (SSSR count). The van der Waals surface area contributed by atoms with Crippen molar-refractivity contribution in [3.8, 4) is 11.8 Å². The number of hydrogen-bond acceptors (Lipinski definition) is 3. The summed E-state index contributed by atoms with van der Waals surface area (Å²) in [4.78, 5) is 11.2. The van der Waals surface area contributed by atoms with E-state index in [4.69, 9.17) is 4.74 Å². The van der Waals surface area contributed by atoms with E-state index in [9.17, 15) is 4.79 Å². The summed E-state index contributed by atoms with van der Waals surface area (Å²) in [7, 11) is 1.37. The molecule has 0 aromatic heterocycles. The van der Waals surface area contributed by atoms with Crippen molar-refractivity contribution < 1.29 is 14.3 Å². The Morgan fingerprint density at radius 3 is 2.63 bits per heavy atom. The molecule has 0 aliphatic heterocycles. The summed E-state index contributed by atoms with van der Waals surface area (Å²) in [6.45, 7) is 5.40. The molecule has 0 amide bonds. The second-order valence-electron chi connectivity index (χ2n) is 4.25. The van der Waals surface area contributed by atoms with E-state index in [0.29, 0.717) is 19.6 Å². The van der Waals surface area contributed by atoms with Crippen LogP contribution in [0.25, 0.3) is 0 Å². The van der Waals surface area contributed by atoms with Gasteiger partial charge in [0.1, 0.15) is 0 Å². The Hall–Kier alpha value is -1.27. The predicted molar refractivity (Wildman–Crippen MR) is 77.7 cm³/mol. The van der Waals surface area contributed by atoms with E-state index in [2.05, 4.69) is 23.5 Å². The third-order valence-corrected chi connectivity index (χ3v) is 2.62. The van der Waals surface area contributed by atoms with E-state index in [-0.39, 0.29) is 5.97 Å². The van der Waals surface area contributed by atoms with Crippen LogP contribution in [0.1, 0.15) is 52.4 Å². The van der Waals surface area contributed by atoms with Crippen molar-refractivity contribution in [3.63, 3.8) is 0 Å². The average molecular weight is 266 g/mol. The van der Waals surface area contributed by atoms with E-state index >= 15 is 0 Å². The van der Waals surface area contributed by atoms with Gasteiger partial charge in [0.15, 0.2) is 0 Å². The number of ether oxygens (including phenoxy) is 2. The van der Waals surface area contributed by atoms with Crippen LogP contribution in [0.2, 0.25) is 0 Å². The zero-order valence-electron chi connectivity index (χ0n) is 12.5. The second-order valence-corrected chi connectivity index (χ2v) is 4.25. The molecule has 108 valence electrons. The maximum absolute atomic E-state index is 11.2. The van der Waals surface area contributed by atoms with Crippen LogP contribution in [0.4, 0.5) is 0 Å². The van der Waals surface area contributed by atoms with Gasteiger partial charge in [0, 0.05) is 31.1 Å². The molecule has 0 atom stereocenters. The summed E-state index contributed by atoms with van der Waals surface area (Å²) >= 11 is 0. The van der Waals surface area contributed by atoms with Gasteiger partial charge >= 0.3 is 5.97 Å². The van der Waals surface area contributed by atoms with Crippen molar-refractivity contribution in [3.05, 3.63) is 11.6 Å². The quantitative estimate of drug-likeness (QED) is 0.277. The highest BCUT2D eigenvalue weighted by Crippen LogP contribution is 2.04. The van der Waals surface area contributed by atoms with Crippen LogP contribution in [-0.2, 0) is 14.3 Å². The van der Waals surface area contributed by atoms with Crippen molar-refractivity contribution in [1.29, 1.82) is 0 Å². The zero-order chi connectivity index (χ0) is 14.3. The van der Waals surface area contributed by atoms with Crippen molar-refractivity contribution in [1.82, 2.24) is 0 Å². The molecule has 19 heavy (non-hydrogen) atoms. The first kappa shape index (κ1) is 17.7. The summed E-state index contributed by atoms with van der Waals surface area (Å²) in [6, 6.07) is 0. The molecule has 0 aromatic carbocycles. The third kappa shape index (κ3) is 11.5. The van der Waals surface area contributed by atoms with E-state index in [1.807, 2.05) is 6.92 Å². The number of carbonyl (C=O) groups is 1. The number of esters is 1. The van der Waals surface area contributed by atoms with E-state index in [0.717, 1.165) is 18.4 Å². The van der Waals surface area contributed by atoms with E-state index in [1.165, 1.54) is 32.4 Å². The fraction of sp³-hybridized carbons (Fsp3) is 0.688. The molecule has 0 bridgehead atoms. The molecule has 0 heterocycles. The summed E-state index contributed by atoms with van der Waals surface area (Å²) in [5, 5.41) is 0. The van der Waals surface area contributed by atoms with Crippen molar-refractivity contribution in [2.24, 2.45) is 0 Å². The van der Waals surface area contributed by atoms with Crippen LogP contribution in [0.5, 0.6) is 0 Å². The van der Waals surface area contributed by atoms with Gasteiger partial charge < -0.3 is 9.47 Å². The zero-order valence-corrected chi connectivity index (χ0v) is 12.5. The SMILES string of the molecule is CCCCCCC#C/C(=C/C(=O)OC)CCOCC. The minimum absolute atomic E-state index is 0.355. The van der Waals surface area contributed by atoms with Crippen LogP contribution in [-0.4, -0.2) is 26.3 Å². The van der Waals surface area contributed by atoms with Gasteiger partial charge in [0.05, 0.1) is 13.7 Å². The molecule has 3 nitrogen and oxygen atoms in total. The molecule has 0 aliphatic rings. The van der Waals surface area contributed by atoms with E-state index in [1.54, 1.807) is 0 Å². The lowest BCUT2D eigenvalue weighted by Gasteiger charge is -2.01. The fourth-order valence-electron chi connectivity index (χ4n) is 1.51. The van der Waals surface area contributed by atoms with Crippen LogP contribution in [0.3, 0.4) is 0 Å². The number of rotatable bonds is 9. The van der Waals surface area contributed by atoms with Gasteiger partial charge in [-0.25, -0.2) is 4.79 Å². The first-order chi connectivity index (χ1) is 9.24. The van der Waals surface area contributed by atoms with Gasteiger partial charge in [-0.05, 0) is 13.3 Å². The Labute approximate surface area is 117 Å². The lowest BCUT2D eigenvalue weighted by Crippen LogP contribution is -2.00. The first-order valence-corrected chi connectivity index (χ1v) is 7.09. The Morgan fingerprint density at radius 2 is 2.00 bits per heavy atom. The van der Waals surface area contributed by atoms with Gasteiger partial charge in [-0.2, -0.15) is 0 Å². The van der Waals surface area contributed by atoms with Crippen LogP contribution < -0.4 is 0 Å². The van der Waals surface area contributed by atoms with Crippen molar-refractivity contribution >= 4 is 5.97 Å². The average Bonchev–Trinajstić information content (AvgIpc) is 2.42. The second kappa shape index (κ2) is 13.2. The van der Waals surface area contributed by atoms with Crippen LogP contribution in [0.15, 0.2) is 11.6 Å². The molecule has 0 aromatic rings. The monoisotopic (exact) mass is 266 g/mol. The van der Waals surface area contributed by atoms with Crippen LogP contribution in [0, 0.1) is 11.8 Å². The molecule has 0 saturated heterocycles. The van der Waals surface area contributed by atoms with Gasteiger partial charge in [0.2, 0.25) is 0 Å². The molecule has 3 heteroatoms. The van der Waals surface area contributed by atoms with Crippen molar-refractivity contribution in [2.75, 3.05) is 20.3 Å². The summed E-state index contributed by atoms with van der Waals surface area (Å²) in [5.41, 5.74) is 0.788. The summed E-state index contributed by atoms with van der Waals surface area (Å²) in [5.74, 6) is 5.82. The highest BCUT2D eigenvalue weighted by Gasteiger charge is 1.99. The Kier molecular flexibility index (Phi) is 12.3. The summed E-state index contributed by atoms with van der Waals surface area (Å²) in [6.07, 6.45) is 7.83. The molecular weight excluding hydrogens is 240 g/mol. The molecule has 0 saturated carbocycles. The van der Waals surface area contributed by atoms with Crippen molar-refractivity contribution in [2.45, 2.75) is 52.4 Å². The fourth-order valence-corrected chi connectivity index (χ4v) is 1.51. The number of unbranched alkanes of at least 4 members (excludes halogenated alkanes) is 4. The highest BCUT2D eigenvalue weighted by atomic mass is 16.5. The number of hydrogen-bond donors (Lipinski definition) is 0. The van der Waals surface area contributed by atoms with Gasteiger partial charge in [-0.1, -0.05) is 38.0 Å². The van der Waals surface area contributed by atoms with Gasteiger partial charge in [-0.3, -0.25) is 0 Å². The molecular formula is C16H26O3. The molecule has 0 aliphatic carbocycles. The Morgan fingerprint density at radius 1 is 1.21 bits per heavy atom. The maximum atomic E-state index is 11.2. The number of carbonyl (C=O) groups excluding carboxylic acids is 1. The largest absolute Gasteiger partial charge is 0.466 e. The lowest BCUT2D eigenvalue weighted by molar-refractivity contribution is -0.134. The lowest BCUT2D eigenvalue weighted by atomic mass is 10.1. The first-order valence-electron chi connectivity index (χ1n) is 7.09. The minimum Gasteiger partial charge on any atom is -0.466 e. The molecule has 0 radical (unpaired) electrons. The topological polar surface area (TPSA) is 35.5 Å². The minimum atomic E-state index is -0.355. The smallest absolute Gasteiger partial charge is 0.331 e. The molecule has 0 N–H and O–H groups in total. The number of methoxy groups -OCH3 is 1. The Bertz CT molecular complexity index is 321. The van der Waals surface area contributed by atoms with E-state index < -0.39 is 0 Å². The third-order valence-electron chi connectivity index (χ3n) is 2.62. The molecule has 0 unspecified atom stereocenters. The normalized spacial score (nSPS) is 10.8. The van der Waals surface area contributed by atoms with Gasteiger partial charge in [0.25, 0.3) is 0 Å². The molecule has 0 fully saturated rings. The van der Waals surface area contributed by atoms with Gasteiger partial charge in [-0.15, -0.1) is 0 Å². The standard InChI is InChI=1S/C16H26O3/c1-4-6-7-8-9-10-11-15(12-13-19-5-2)14-16(17)18-3/h14H,4-9,12-13H2,1-3H3/b15-14-. The highest BCUT2D eigenvalue weighted by molar-refractivity contribution is 5.83. The summed E-state index contributed by atoms with van der Waals surface area (Å²) < 4.78 is 9.90. The maximum Gasteiger partial charge on any atom is 0.331 e. The molecule has 0 spiro atoms.